The molecule has 1 heterocycles. The lowest BCUT2D eigenvalue weighted by molar-refractivity contribution is 0.264. The average Bonchev–Trinajstić information content (AvgIpc) is 2.55. The summed E-state index contributed by atoms with van der Waals surface area (Å²) < 4.78 is 4.91. The molecule has 0 amide bonds. The standard InChI is InChI=1S/C11H19N3O/c1-8(6-10-4-3-5-10)12-7-11-13-9(2)15-14-11/h8,10,12H,3-7H2,1-2H3. The van der Waals surface area contributed by atoms with Crippen LogP contribution in [-0.2, 0) is 6.54 Å². The van der Waals surface area contributed by atoms with E-state index in [1.807, 2.05) is 6.92 Å². The molecule has 2 rings (SSSR count). The molecule has 84 valence electrons. The summed E-state index contributed by atoms with van der Waals surface area (Å²) in [5.41, 5.74) is 0. The van der Waals surface area contributed by atoms with Crippen LogP contribution in [0.25, 0.3) is 0 Å². The predicted octanol–water partition coefficient (Wildman–Crippen LogP) is 2.05. The SMILES string of the molecule is Cc1nc(CNC(C)CC2CCC2)no1. The molecule has 1 aliphatic rings. The third kappa shape index (κ3) is 3.02. The number of hydrogen-bond acceptors (Lipinski definition) is 4. The first-order valence-corrected chi connectivity index (χ1v) is 5.76. The van der Waals surface area contributed by atoms with Gasteiger partial charge < -0.3 is 9.84 Å². The molecule has 15 heavy (non-hydrogen) atoms. The van der Waals surface area contributed by atoms with Gasteiger partial charge in [0.15, 0.2) is 5.82 Å². The minimum Gasteiger partial charge on any atom is -0.340 e. The average molecular weight is 209 g/mol. The maximum atomic E-state index is 4.91. The monoisotopic (exact) mass is 209 g/mol. The quantitative estimate of drug-likeness (QED) is 0.806. The van der Waals surface area contributed by atoms with Gasteiger partial charge in [-0.05, 0) is 19.3 Å². The van der Waals surface area contributed by atoms with E-state index in [1.165, 1.54) is 25.7 Å². The number of aryl methyl sites for hydroxylation is 1. The number of nitrogens with one attached hydrogen (secondary N) is 1. The van der Waals surface area contributed by atoms with E-state index < -0.39 is 0 Å². The van der Waals surface area contributed by atoms with E-state index in [-0.39, 0.29) is 0 Å². The first kappa shape index (κ1) is 10.6. The van der Waals surface area contributed by atoms with Gasteiger partial charge in [-0.25, -0.2) is 0 Å². The molecule has 0 saturated heterocycles. The summed E-state index contributed by atoms with van der Waals surface area (Å²) in [4.78, 5) is 4.16. The van der Waals surface area contributed by atoms with Gasteiger partial charge in [-0.3, -0.25) is 0 Å². The van der Waals surface area contributed by atoms with Gasteiger partial charge in [0.1, 0.15) is 0 Å². The fourth-order valence-electron chi connectivity index (χ4n) is 1.99. The lowest BCUT2D eigenvalue weighted by Gasteiger charge is -2.28. The second kappa shape index (κ2) is 4.75. The topological polar surface area (TPSA) is 51.0 Å². The molecule has 0 aliphatic heterocycles. The molecule has 0 radical (unpaired) electrons. The van der Waals surface area contributed by atoms with Crippen molar-refractivity contribution in [1.82, 2.24) is 15.5 Å². The lowest BCUT2D eigenvalue weighted by Crippen LogP contribution is -2.30. The molecule has 1 aliphatic carbocycles. The molecule has 1 atom stereocenters. The molecule has 1 unspecified atom stereocenters. The largest absolute Gasteiger partial charge is 0.340 e. The van der Waals surface area contributed by atoms with Crippen LogP contribution in [0.4, 0.5) is 0 Å². The molecular formula is C11H19N3O. The van der Waals surface area contributed by atoms with Crippen molar-refractivity contribution in [1.29, 1.82) is 0 Å². The van der Waals surface area contributed by atoms with E-state index >= 15 is 0 Å². The first-order chi connectivity index (χ1) is 7.24. The van der Waals surface area contributed by atoms with E-state index in [2.05, 4.69) is 22.4 Å². The van der Waals surface area contributed by atoms with Crippen LogP contribution < -0.4 is 5.32 Å². The summed E-state index contributed by atoms with van der Waals surface area (Å²) in [6.07, 6.45) is 5.51. The van der Waals surface area contributed by atoms with Gasteiger partial charge in [0.05, 0.1) is 6.54 Å². The minimum atomic E-state index is 0.550. The Hall–Kier alpha value is -0.900. The van der Waals surface area contributed by atoms with Crippen molar-refractivity contribution in [3.05, 3.63) is 11.7 Å². The number of aromatic nitrogens is 2. The highest BCUT2D eigenvalue weighted by molar-refractivity contribution is 4.84. The molecule has 4 heteroatoms. The van der Waals surface area contributed by atoms with Gasteiger partial charge in [0, 0.05) is 13.0 Å². The second-order valence-corrected chi connectivity index (χ2v) is 4.54. The second-order valence-electron chi connectivity index (χ2n) is 4.54. The van der Waals surface area contributed by atoms with Crippen molar-refractivity contribution in [2.45, 2.75) is 52.1 Å². The highest BCUT2D eigenvalue weighted by Gasteiger charge is 2.19. The van der Waals surface area contributed by atoms with Crippen molar-refractivity contribution in [2.75, 3.05) is 0 Å². The molecule has 0 bridgehead atoms. The van der Waals surface area contributed by atoms with Crippen molar-refractivity contribution in [3.8, 4) is 0 Å². The fraction of sp³-hybridized carbons (Fsp3) is 0.818. The molecule has 1 aromatic rings. The Bertz CT molecular complexity index is 307. The zero-order chi connectivity index (χ0) is 10.7. The van der Waals surface area contributed by atoms with Crippen LogP contribution in [0.15, 0.2) is 4.52 Å². The predicted molar refractivity (Wildman–Crippen MR) is 57.3 cm³/mol. The van der Waals surface area contributed by atoms with Crippen LogP contribution in [-0.4, -0.2) is 16.2 Å². The highest BCUT2D eigenvalue weighted by Crippen LogP contribution is 2.30. The zero-order valence-electron chi connectivity index (χ0n) is 9.49. The van der Waals surface area contributed by atoms with Crippen molar-refractivity contribution in [2.24, 2.45) is 5.92 Å². The van der Waals surface area contributed by atoms with E-state index in [4.69, 9.17) is 4.52 Å². The Balaban J connectivity index is 1.68. The summed E-state index contributed by atoms with van der Waals surface area (Å²) in [5.74, 6) is 2.34. The molecule has 1 N–H and O–H groups in total. The normalized spacial score (nSPS) is 18.8. The lowest BCUT2D eigenvalue weighted by atomic mass is 9.81. The summed E-state index contributed by atoms with van der Waals surface area (Å²) in [6.45, 7) is 4.75. The van der Waals surface area contributed by atoms with Crippen LogP contribution in [0.2, 0.25) is 0 Å². The Morgan fingerprint density at radius 2 is 2.33 bits per heavy atom. The molecule has 1 fully saturated rings. The van der Waals surface area contributed by atoms with Gasteiger partial charge in [-0.15, -0.1) is 0 Å². The Morgan fingerprint density at radius 1 is 1.53 bits per heavy atom. The fourth-order valence-corrected chi connectivity index (χ4v) is 1.99. The van der Waals surface area contributed by atoms with Crippen LogP contribution in [0.1, 0.15) is 44.3 Å². The Kier molecular flexibility index (Phi) is 3.36. The summed E-state index contributed by atoms with van der Waals surface area (Å²) in [5, 5.41) is 7.28. The molecule has 4 nitrogen and oxygen atoms in total. The molecule has 1 aromatic heterocycles. The minimum absolute atomic E-state index is 0.550. The first-order valence-electron chi connectivity index (χ1n) is 5.76. The van der Waals surface area contributed by atoms with E-state index in [1.54, 1.807) is 0 Å². The zero-order valence-corrected chi connectivity index (χ0v) is 9.49. The number of rotatable bonds is 5. The maximum Gasteiger partial charge on any atom is 0.223 e. The highest BCUT2D eigenvalue weighted by atomic mass is 16.5. The third-order valence-electron chi connectivity index (χ3n) is 3.09. The van der Waals surface area contributed by atoms with Crippen LogP contribution in [0.3, 0.4) is 0 Å². The third-order valence-corrected chi connectivity index (χ3v) is 3.09. The number of nitrogens with zero attached hydrogens (tertiary/aromatic N) is 2. The van der Waals surface area contributed by atoms with Gasteiger partial charge in [-0.2, -0.15) is 4.98 Å². The molecule has 1 saturated carbocycles. The molecular weight excluding hydrogens is 190 g/mol. The van der Waals surface area contributed by atoms with E-state index in [0.29, 0.717) is 18.5 Å². The summed E-state index contributed by atoms with van der Waals surface area (Å²) in [6, 6.07) is 0.550. The maximum absolute atomic E-state index is 4.91. The van der Waals surface area contributed by atoms with Crippen LogP contribution >= 0.6 is 0 Å². The molecule has 0 aromatic carbocycles. The number of hydrogen-bond donors (Lipinski definition) is 1. The van der Waals surface area contributed by atoms with Crippen molar-refractivity contribution >= 4 is 0 Å². The van der Waals surface area contributed by atoms with Crippen molar-refractivity contribution in [3.63, 3.8) is 0 Å². The van der Waals surface area contributed by atoms with Gasteiger partial charge in [0.2, 0.25) is 5.89 Å². The smallest absolute Gasteiger partial charge is 0.223 e. The van der Waals surface area contributed by atoms with Gasteiger partial charge in [0.25, 0.3) is 0 Å². The van der Waals surface area contributed by atoms with Crippen molar-refractivity contribution < 1.29 is 4.52 Å². The van der Waals surface area contributed by atoms with Gasteiger partial charge in [-0.1, -0.05) is 24.4 Å². The summed E-state index contributed by atoms with van der Waals surface area (Å²) in [7, 11) is 0. The Morgan fingerprint density at radius 3 is 2.87 bits per heavy atom. The van der Waals surface area contributed by atoms with Crippen LogP contribution in [0, 0.1) is 12.8 Å². The van der Waals surface area contributed by atoms with Gasteiger partial charge >= 0.3 is 0 Å². The Labute approximate surface area is 90.4 Å². The molecule has 0 spiro atoms. The van der Waals surface area contributed by atoms with E-state index in [9.17, 15) is 0 Å². The van der Waals surface area contributed by atoms with Crippen LogP contribution in [0.5, 0.6) is 0 Å². The summed E-state index contributed by atoms with van der Waals surface area (Å²) >= 11 is 0. The van der Waals surface area contributed by atoms with E-state index in [0.717, 1.165) is 11.7 Å².